The molecule has 10 nitrogen and oxygen atoms in total. The van der Waals surface area contributed by atoms with Gasteiger partial charge in [-0.15, -0.1) is 0 Å². The first-order chi connectivity index (χ1) is 19.7. The van der Waals surface area contributed by atoms with E-state index in [0.29, 0.717) is 19.4 Å². The number of hydrogen-bond acceptors (Lipinski definition) is 5. The maximum Gasteiger partial charge on any atom is 0.315 e. The van der Waals surface area contributed by atoms with E-state index in [2.05, 4.69) is 36.7 Å². The number of urea groups is 1. The number of likely N-dealkylation sites (tertiary alicyclic amines) is 1. The van der Waals surface area contributed by atoms with Crippen LogP contribution < -0.4 is 21.7 Å². The van der Waals surface area contributed by atoms with Gasteiger partial charge in [0.1, 0.15) is 12.1 Å². The molecule has 4 fully saturated rings. The molecule has 10 heteroatoms. The van der Waals surface area contributed by atoms with Crippen LogP contribution in [0.5, 0.6) is 0 Å². The van der Waals surface area contributed by atoms with Gasteiger partial charge in [0.05, 0.1) is 6.04 Å². The van der Waals surface area contributed by atoms with Gasteiger partial charge in [-0.05, 0) is 68.1 Å². The van der Waals surface area contributed by atoms with Crippen LogP contribution in [0.2, 0.25) is 0 Å². The Hall–Kier alpha value is -2.65. The highest BCUT2D eigenvalue weighted by atomic mass is 16.2. The number of carbonyl (C=O) groups excluding carboxylic acids is 5. The van der Waals surface area contributed by atoms with Gasteiger partial charge in [0, 0.05) is 17.5 Å². The Morgan fingerprint density at radius 2 is 1.56 bits per heavy atom. The van der Waals surface area contributed by atoms with Crippen molar-refractivity contribution in [2.45, 2.75) is 137 Å². The number of Topliss-reactive ketones (excluding diaryl/α,β-unsaturated/α-hetero) is 1. The molecule has 2 spiro atoms. The second-order valence-electron chi connectivity index (χ2n) is 16.4. The lowest BCUT2D eigenvalue weighted by atomic mass is 9.70. The lowest BCUT2D eigenvalue weighted by Gasteiger charge is -2.37. The average Bonchev–Trinajstić information content (AvgIpc) is 3.07. The van der Waals surface area contributed by atoms with Gasteiger partial charge >= 0.3 is 6.03 Å². The predicted octanol–water partition coefficient (Wildman–Crippen LogP) is 3.66. The van der Waals surface area contributed by atoms with Gasteiger partial charge < -0.3 is 26.6 Å². The van der Waals surface area contributed by atoms with Crippen molar-refractivity contribution in [2.75, 3.05) is 6.54 Å². The number of primary amides is 1. The number of ketones is 1. The first kappa shape index (κ1) is 33.2. The monoisotopic (exact) mass is 601 g/mol. The molecule has 0 aromatic carbocycles. The molecule has 3 aliphatic carbocycles. The minimum atomic E-state index is -1.06. The number of amides is 5. The van der Waals surface area contributed by atoms with Crippen molar-refractivity contribution in [1.82, 2.24) is 20.9 Å². The number of fused-ring (bicyclic) bond motifs is 1. The van der Waals surface area contributed by atoms with Gasteiger partial charge in [-0.25, -0.2) is 4.79 Å². The molecule has 1 heterocycles. The molecule has 1 aliphatic heterocycles. The number of rotatable bonds is 9. The second-order valence-corrected chi connectivity index (χ2v) is 16.4. The zero-order valence-electron chi connectivity index (χ0n) is 27.8. The average molecular weight is 602 g/mol. The zero-order valence-corrected chi connectivity index (χ0v) is 27.8. The van der Waals surface area contributed by atoms with Crippen LogP contribution in [0.1, 0.15) is 114 Å². The Morgan fingerprint density at radius 3 is 1.95 bits per heavy atom. The van der Waals surface area contributed by atoms with E-state index in [-0.39, 0.29) is 34.0 Å². The number of hydrogen-bond donors (Lipinski definition) is 4. The Kier molecular flexibility index (Phi) is 8.55. The van der Waals surface area contributed by atoms with Crippen LogP contribution in [0.3, 0.4) is 0 Å². The summed E-state index contributed by atoms with van der Waals surface area (Å²) >= 11 is 0. The summed E-state index contributed by atoms with van der Waals surface area (Å²) in [6.45, 7) is 18.3. The zero-order chi connectivity index (χ0) is 32.3. The van der Waals surface area contributed by atoms with E-state index in [9.17, 15) is 24.0 Å². The predicted molar refractivity (Wildman–Crippen MR) is 165 cm³/mol. The molecule has 43 heavy (non-hydrogen) atoms. The fraction of sp³-hybridized carbons (Fsp3) is 0.848. The van der Waals surface area contributed by atoms with E-state index in [4.69, 9.17) is 5.73 Å². The van der Waals surface area contributed by atoms with Crippen molar-refractivity contribution in [1.29, 1.82) is 0 Å². The summed E-state index contributed by atoms with van der Waals surface area (Å²) in [6.07, 6.45) is 7.25. The highest BCUT2D eigenvalue weighted by molar-refractivity contribution is 6.37. The molecule has 1 unspecified atom stereocenters. The van der Waals surface area contributed by atoms with Crippen molar-refractivity contribution < 1.29 is 24.0 Å². The minimum Gasteiger partial charge on any atom is -0.363 e. The van der Waals surface area contributed by atoms with Crippen molar-refractivity contribution >= 4 is 29.5 Å². The Bertz CT molecular complexity index is 1160. The van der Waals surface area contributed by atoms with Gasteiger partial charge in [0.15, 0.2) is 0 Å². The maximum atomic E-state index is 14.6. The van der Waals surface area contributed by atoms with Gasteiger partial charge in [0.25, 0.3) is 5.91 Å². The second kappa shape index (κ2) is 11.1. The van der Waals surface area contributed by atoms with E-state index < -0.39 is 52.7 Å². The first-order valence-electron chi connectivity index (χ1n) is 16.3. The van der Waals surface area contributed by atoms with E-state index in [1.54, 1.807) is 4.90 Å². The molecule has 0 radical (unpaired) electrons. The summed E-state index contributed by atoms with van der Waals surface area (Å²) in [7, 11) is 0. The van der Waals surface area contributed by atoms with Crippen molar-refractivity contribution in [3.05, 3.63) is 0 Å². The van der Waals surface area contributed by atoms with Crippen LogP contribution in [0, 0.1) is 33.5 Å². The largest absolute Gasteiger partial charge is 0.363 e. The highest BCUT2D eigenvalue weighted by Gasteiger charge is 2.88. The third-order valence-corrected chi connectivity index (χ3v) is 11.6. The summed E-state index contributed by atoms with van der Waals surface area (Å²) in [5, 5.41) is 8.73. The molecule has 0 aromatic heterocycles. The number of nitrogens with two attached hydrogens (primary N) is 1. The van der Waals surface area contributed by atoms with E-state index in [0.717, 1.165) is 38.5 Å². The molecular weight excluding hydrogens is 546 g/mol. The lowest BCUT2D eigenvalue weighted by Crippen LogP contribution is -2.61. The highest BCUT2D eigenvalue weighted by Crippen LogP contribution is 2.89. The topological polar surface area (TPSA) is 151 Å². The van der Waals surface area contributed by atoms with E-state index in [1.165, 1.54) is 0 Å². The fourth-order valence-electron chi connectivity index (χ4n) is 9.09. The molecule has 4 aliphatic rings. The van der Waals surface area contributed by atoms with Crippen LogP contribution >= 0.6 is 0 Å². The summed E-state index contributed by atoms with van der Waals surface area (Å²) in [5.74, 6) is -2.47. The van der Waals surface area contributed by atoms with Crippen LogP contribution in [-0.2, 0) is 19.2 Å². The van der Waals surface area contributed by atoms with Gasteiger partial charge in [-0.2, -0.15) is 0 Å². The normalized spacial score (nSPS) is 28.8. The first-order valence-corrected chi connectivity index (χ1v) is 16.3. The molecule has 3 saturated carbocycles. The van der Waals surface area contributed by atoms with Gasteiger partial charge in [-0.1, -0.05) is 73.6 Å². The maximum absolute atomic E-state index is 14.6. The number of carbonyl (C=O) groups is 5. The van der Waals surface area contributed by atoms with E-state index >= 15 is 0 Å². The summed E-state index contributed by atoms with van der Waals surface area (Å²) < 4.78 is 0. The summed E-state index contributed by atoms with van der Waals surface area (Å²) in [5.41, 5.74) is 3.99. The van der Waals surface area contributed by atoms with Crippen LogP contribution in [0.4, 0.5) is 4.79 Å². The Balaban J connectivity index is 1.71. The SMILES string of the molecule is CC[C@@H]1[C@@H](C(=O)NC(CC2CCC2)C(=O)C(N)=O)N(C(=O)[C@@H](NC(=O)NC(C)(C)C)C(C)(C)C)C[C@@]12C(C)(C)C21CCC1. The molecule has 0 aromatic rings. The molecular formula is C33H55N5O5. The van der Waals surface area contributed by atoms with Crippen molar-refractivity contribution in [3.8, 4) is 0 Å². The fourth-order valence-corrected chi connectivity index (χ4v) is 9.09. The third kappa shape index (κ3) is 5.45. The molecule has 5 atom stereocenters. The lowest BCUT2D eigenvalue weighted by molar-refractivity contribution is -0.144. The standard InChI is InChI=1S/C33H55N5O5/c1-10-20-22(26(41)35-21(23(39)25(34)40)17-19-13-11-14-19)38(18-33(20)31(8,9)32(33)15-12-16-32)27(42)24(29(2,3)4)36-28(43)37-30(5,6)7/h19-22,24H,10-18H2,1-9H3,(H2,34,40)(H,35,41)(H2,36,37,43)/t20-,21?,22+,24-,33+/m1/s1. The third-order valence-electron chi connectivity index (χ3n) is 11.6. The van der Waals surface area contributed by atoms with E-state index in [1.807, 2.05) is 41.5 Å². The van der Waals surface area contributed by atoms with Crippen molar-refractivity contribution in [2.24, 2.45) is 39.2 Å². The van der Waals surface area contributed by atoms with Gasteiger partial charge in [0.2, 0.25) is 17.6 Å². The van der Waals surface area contributed by atoms with Crippen LogP contribution in [0.15, 0.2) is 0 Å². The number of nitrogens with zero attached hydrogens (tertiary/aromatic N) is 1. The molecule has 5 N–H and O–H groups in total. The summed E-state index contributed by atoms with van der Waals surface area (Å²) in [6, 6.07) is -3.19. The molecule has 242 valence electrons. The van der Waals surface area contributed by atoms with Crippen LogP contribution in [0.25, 0.3) is 0 Å². The molecule has 1 saturated heterocycles. The number of nitrogens with one attached hydrogen (secondary N) is 3. The summed E-state index contributed by atoms with van der Waals surface area (Å²) in [4.78, 5) is 68.6. The Labute approximate surface area is 257 Å². The van der Waals surface area contributed by atoms with Gasteiger partial charge in [-0.3, -0.25) is 19.2 Å². The molecule has 0 bridgehead atoms. The molecule has 4 rings (SSSR count). The molecule has 5 amide bonds. The smallest absolute Gasteiger partial charge is 0.315 e. The van der Waals surface area contributed by atoms with Crippen LogP contribution in [-0.4, -0.2) is 64.6 Å². The Morgan fingerprint density at radius 1 is 0.953 bits per heavy atom. The quantitative estimate of drug-likeness (QED) is 0.298. The minimum absolute atomic E-state index is 0.0525. The van der Waals surface area contributed by atoms with Crippen molar-refractivity contribution in [3.63, 3.8) is 0 Å².